The van der Waals surface area contributed by atoms with Gasteiger partial charge in [-0.3, -0.25) is 14.7 Å². The highest BCUT2D eigenvalue weighted by Gasteiger charge is 2.07. The van der Waals surface area contributed by atoms with Crippen molar-refractivity contribution in [2.75, 3.05) is 13.1 Å². The standard InChI is InChI=1S/C17H20N2O2/c1-2-19(11-8-17(20)21)13-14-4-3-5-16(12-14)15-6-9-18-10-7-15/h3-7,9-10,12H,2,8,11,13H2,1H3,(H,20,21). The molecule has 0 aliphatic carbocycles. The zero-order chi connectivity index (χ0) is 15.1. The monoisotopic (exact) mass is 284 g/mol. The van der Waals surface area contributed by atoms with Crippen LogP contribution in [0.2, 0.25) is 0 Å². The van der Waals surface area contributed by atoms with Gasteiger partial charge in [0.1, 0.15) is 0 Å². The van der Waals surface area contributed by atoms with Crippen LogP contribution in [0.3, 0.4) is 0 Å². The molecule has 2 aromatic rings. The van der Waals surface area contributed by atoms with Crippen molar-refractivity contribution in [3.05, 3.63) is 54.4 Å². The van der Waals surface area contributed by atoms with Gasteiger partial charge in [0.25, 0.3) is 0 Å². The Morgan fingerprint density at radius 2 is 1.95 bits per heavy atom. The Hall–Kier alpha value is -2.20. The molecule has 0 fully saturated rings. The first-order valence-corrected chi connectivity index (χ1v) is 7.12. The molecular weight excluding hydrogens is 264 g/mol. The van der Waals surface area contributed by atoms with Gasteiger partial charge in [0.15, 0.2) is 0 Å². The predicted octanol–water partition coefficient (Wildman–Crippen LogP) is 3.05. The van der Waals surface area contributed by atoms with E-state index in [9.17, 15) is 4.79 Å². The molecule has 1 N–H and O–H groups in total. The smallest absolute Gasteiger partial charge is 0.304 e. The average Bonchev–Trinajstić information content (AvgIpc) is 2.52. The van der Waals surface area contributed by atoms with E-state index in [1.165, 1.54) is 5.56 Å². The maximum absolute atomic E-state index is 10.7. The summed E-state index contributed by atoms with van der Waals surface area (Å²) in [6.45, 7) is 4.23. The highest BCUT2D eigenvalue weighted by atomic mass is 16.4. The van der Waals surface area contributed by atoms with E-state index < -0.39 is 5.97 Å². The number of rotatable bonds is 7. The Morgan fingerprint density at radius 3 is 2.62 bits per heavy atom. The van der Waals surface area contributed by atoms with Crippen LogP contribution in [0.4, 0.5) is 0 Å². The van der Waals surface area contributed by atoms with Crippen LogP contribution >= 0.6 is 0 Å². The van der Waals surface area contributed by atoms with Crippen molar-refractivity contribution >= 4 is 5.97 Å². The topological polar surface area (TPSA) is 53.4 Å². The molecule has 4 nitrogen and oxygen atoms in total. The number of aromatic nitrogens is 1. The largest absolute Gasteiger partial charge is 0.481 e. The highest BCUT2D eigenvalue weighted by Crippen LogP contribution is 2.20. The zero-order valence-corrected chi connectivity index (χ0v) is 12.2. The second-order valence-corrected chi connectivity index (χ2v) is 4.95. The van der Waals surface area contributed by atoms with Gasteiger partial charge < -0.3 is 5.11 Å². The summed E-state index contributed by atoms with van der Waals surface area (Å²) in [6, 6.07) is 12.3. The van der Waals surface area contributed by atoms with Gasteiger partial charge in [0.05, 0.1) is 6.42 Å². The lowest BCUT2D eigenvalue weighted by atomic mass is 10.0. The van der Waals surface area contributed by atoms with Gasteiger partial charge in [-0.25, -0.2) is 0 Å². The molecule has 0 unspecified atom stereocenters. The molecule has 0 radical (unpaired) electrons. The highest BCUT2D eigenvalue weighted by molar-refractivity contribution is 5.67. The van der Waals surface area contributed by atoms with E-state index in [1.807, 2.05) is 18.2 Å². The molecule has 0 spiro atoms. The predicted molar refractivity (Wildman–Crippen MR) is 82.9 cm³/mol. The van der Waals surface area contributed by atoms with Crippen LogP contribution in [0.5, 0.6) is 0 Å². The number of nitrogens with zero attached hydrogens (tertiary/aromatic N) is 2. The fourth-order valence-corrected chi connectivity index (χ4v) is 2.25. The van der Waals surface area contributed by atoms with Crippen molar-refractivity contribution in [3.63, 3.8) is 0 Å². The Labute approximate surface area is 125 Å². The van der Waals surface area contributed by atoms with Crippen molar-refractivity contribution < 1.29 is 9.90 Å². The van der Waals surface area contributed by atoms with Gasteiger partial charge in [-0.2, -0.15) is 0 Å². The van der Waals surface area contributed by atoms with E-state index in [4.69, 9.17) is 5.11 Å². The third-order valence-corrected chi connectivity index (χ3v) is 3.44. The fraction of sp³-hybridized carbons (Fsp3) is 0.294. The molecular formula is C17H20N2O2. The number of hydrogen-bond acceptors (Lipinski definition) is 3. The van der Waals surface area contributed by atoms with E-state index in [2.05, 4.69) is 35.0 Å². The van der Waals surface area contributed by atoms with Gasteiger partial charge in [0.2, 0.25) is 0 Å². The van der Waals surface area contributed by atoms with E-state index in [1.54, 1.807) is 12.4 Å². The molecule has 1 aromatic heterocycles. The number of carboxylic acids is 1. The molecule has 2 rings (SSSR count). The van der Waals surface area contributed by atoms with Crippen molar-refractivity contribution in [2.45, 2.75) is 19.9 Å². The summed E-state index contributed by atoms with van der Waals surface area (Å²) < 4.78 is 0. The fourth-order valence-electron chi connectivity index (χ4n) is 2.25. The maximum atomic E-state index is 10.7. The molecule has 1 aromatic carbocycles. The number of hydrogen-bond donors (Lipinski definition) is 1. The molecule has 21 heavy (non-hydrogen) atoms. The molecule has 0 aliphatic heterocycles. The van der Waals surface area contributed by atoms with Gasteiger partial charge >= 0.3 is 5.97 Å². The van der Waals surface area contributed by atoms with Gasteiger partial charge in [-0.1, -0.05) is 25.1 Å². The minimum absolute atomic E-state index is 0.178. The first-order valence-electron chi connectivity index (χ1n) is 7.12. The van der Waals surface area contributed by atoms with Gasteiger partial charge in [0, 0.05) is 25.5 Å². The second-order valence-electron chi connectivity index (χ2n) is 4.95. The van der Waals surface area contributed by atoms with E-state index >= 15 is 0 Å². The normalized spacial score (nSPS) is 10.8. The molecule has 0 amide bonds. The molecule has 0 saturated heterocycles. The molecule has 4 heteroatoms. The first-order chi connectivity index (χ1) is 10.2. The van der Waals surface area contributed by atoms with Crippen LogP contribution < -0.4 is 0 Å². The third kappa shape index (κ3) is 4.68. The average molecular weight is 284 g/mol. The van der Waals surface area contributed by atoms with Crippen LogP contribution in [0.1, 0.15) is 18.9 Å². The number of carbonyl (C=O) groups is 1. The Balaban J connectivity index is 2.08. The Morgan fingerprint density at radius 1 is 1.19 bits per heavy atom. The van der Waals surface area contributed by atoms with E-state index in [0.29, 0.717) is 6.54 Å². The maximum Gasteiger partial charge on any atom is 0.304 e. The van der Waals surface area contributed by atoms with Gasteiger partial charge in [-0.05, 0) is 41.4 Å². The summed E-state index contributed by atoms with van der Waals surface area (Å²) in [5.41, 5.74) is 3.49. The molecule has 0 aliphatic rings. The lowest BCUT2D eigenvalue weighted by Crippen LogP contribution is -2.25. The number of pyridine rings is 1. The minimum atomic E-state index is -0.751. The summed E-state index contributed by atoms with van der Waals surface area (Å²) in [7, 11) is 0. The number of benzene rings is 1. The van der Waals surface area contributed by atoms with Crippen LogP contribution in [0.15, 0.2) is 48.8 Å². The summed E-state index contributed by atoms with van der Waals surface area (Å²) in [6.07, 6.45) is 3.75. The second kappa shape index (κ2) is 7.55. The van der Waals surface area contributed by atoms with E-state index in [0.717, 1.165) is 24.2 Å². The first kappa shape index (κ1) is 15.2. The van der Waals surface area contributed by atoms with Crippen LogP contribution in [-0.2, 0) is 11.3 Å². The molecule has 0 bridgehead atoms. The molecule has 1 heterocycles. The quantitative estimate of drug-likeness (QED) is 0.849. The van der Waals surface area contributed by atoms with E-state index in [-0.39, 0.29) is 6.42 Å². The molecule has 110 valence electrons. The van der Waals surface area contributed by atoms with Crippen molar-refractivity contribution in [2.24, 2.45) is 0 Å². The molecule has 0 saturated carbocycles. The zero-order valence-electron chi connectivity index (χ0n) is 12.2. The summed E-state index contributed by atoms with van der Waals surface area (Å²) in [5.74, 6) is -0.751. The van der Waals surface area contributed by atoms with Crippen LogP contribution in [0.25, 0.3) is 11.1 Å². The lowest BCUT2D eigenvalue weighted by Gasteiger charge is -2.19. The lowest BCUT2D eigenvalue weighted by molar-refractivity contribution is -0.137. The van der Waals surface area contributed by atoms with Crippen LogP contribution in [0, 0.1) is 0 Å². The number of aliphatic carboxylic acids is 1. The summed E-state index contributed by atoms with van der Waals surface area (Å²) in [5, 5.41) is 8.78. The summed E-state index contributed by atoms with van der Waals surface area (Å²) >= 11 is 0. The van der Waals surface area contributed by atoms with Crippen LogP contribution in [-0.4, -0.2) is 34.0 Å². The minimum Gasteiger partial charge on any atom is -0.481 e. The SMILES string of the molecule is CCN(CCC(=O)O)Cc1cccc(-c2ccncc2)c1. The van der Waals surface area contributed by atoms with Crippen molar-refractivity contribution in [3.8, 4) is 11.1 Å². The number of carboxylic acid groups (broad SMARTS) is 1. The van der Waals surface area contributed by atoms with Crippen molar-refractivity contribution in [1.29, 1.82) is 0 Å². The Kier molecular flexibility index (Phi) is 5.46. The third-order valence-electron chi connectivity index (χ3n) is 3.44. The molecule has 0 atom stereocenters. The van der Waals surface area contributed by atoms with Gasteiger partial charge in [-0.15, -0.1) is 0 Å². The Bertz CT molecular complexity index is 584. The summed E-state index contributed by atoms with van der Waals surface area (Å²) in [4.78, 5) is 16.8. The van der Waals surface area contributed by atoms with Crippen molar-refractivity contribution in [1.82, 2.24) is 9.88 Å².